The molecule has 10 aromatic rings. The SMILES string of the molecule is C1=Cc2ccc(-n3c4ccccc4c4c5ccccc5c(-c5ccc6c7ccccc7n(-c7nc8c(c(-c9ccccc9)n7)C=CCC8)c6c5)cc43)cc2CC1. The molecule has 56 heavy (non-hydrogen) atoms. The normalized spacial score (nSPS) is 13.6. The summed E-state index contributed by atoms with van der Waals surface area (Å²) in [7, 11) is 0. The second kappa shape index (κ2) is 12.2. The highest BCUT2D eigenvalue weighted by molar-refractivity contribution is 6.24. The Morgan fingerprint density at radius 2 is 1.18 bits per heavy atom. The van der Waals surface area contributed by atoms with E-state index in [1.165, 1.54) is 65.7 Å². The monoisotopic (exact) mass is 716 g/mol. The summed E-state index contributed by atoms with van der Waals surface area (Å²) in [5.74, 6) is 0.712. The first-order valence-electron chi connectivity index (χ1n) is 19.7. The summed E-state index contributed by atoms with van der Waals surface area (Å²) in [6, 6.07) is 53.4. The van der Waals surface area contributed by atoms with Crippen LogP contribution in [0.5, 0.6) is 0 Å². The van der Waals surface area contributed by atoms with Gasteiger partial charge in [0.2, 0.25) is 5.95 Å². The molecule has 0 atom stereocenters. The van der Waals surface area contributed by atoms with Gasteiger partial charge in [0.25, 0.3) is 0 Å². The van der Waals surface area contributed by atoms with Crippen molar-refractivity contribution in [2.24, 2.45) is 0 Å². The van der Waals surface area contributed by atoms with Crippen LogP contribution >= 0.6 is 0 Å². The van der Waals surface area contributed by atoms with Gasteiger partial charge < -0.3 is 4.57 Å². The van der Waals surface area contributed by atoms with E-state index in [1.807, 2.05) is 0 Å². The maximum Gasteiger partial charge on any atom is 0.235 e. The minimum absolute atomic E-state index is 0.712. The van der Waals surface area contributed by atoms with Crippen molar-refractivity contribution in [2.75, 3.05) is 0 Å². The molecule has 0 unspecified atom stereocenters. The van der Waals surface area contributed by atoms with E-state index in [1.54, 1.807) is 0 Å². The third-order valence-electron chi connectivity index (χ3n) is 12.0. The lowest BCUT2D eigenvalue weighted by atomic mass is 9.94. The summed E-state index contributed by atoms with van der Waals surface area (Å²) < 4.78 is 4.77. The third-order valence-corrected chi connectivity index (χ3v) is 12.0. The lowest BCUT2D eigenvalue weighted by Gasteiger charge is -2.17. The zero-order chi connectivity index (χ0) is 36.7. The van der Waals surface area contributed by atoms with E-state index >= 15 is 0 Å². The van der Waals surface area contributed by atoms with E-state index in [9.17, 15) is 0 Å². The molecule has 0 fully saturated rings. The molecule has 0 spiro atoms. The average Bonchev–Trinajstić information content (AvgIpc) is 3.78. The smallest absolute Gasteiger partial charge is 0.235 e. The van der Waals surface area contributed by atoms with Gasteiger partial charge in [-0.1, -0.05) is 133 Å². The van der Waals surface area contributed by atoms with Crippen LogP contribution in [0.1, 0.15) is 35.2 Å². The highest BCUT2D eigenvalue weighted by atomic mass is 15.2. The van der Waals surface area contributed by atoms with Crippen molar-refractivity contribution < 1.29 is 0 Å². The molecule has 3 heterocycles. The van der Waals surface area contributed by atoms with Gasteiger partial charge in [-0.05, 0) is 95.1 Å². The molecule has 4 heteroatoms. The van der Waals surface area contributed by atoms with Crippen LogP contribution in [-0.2, 0) is 12.8 Å². The lowest BCUT2D eigenvalue weighted by Crippen LogP contribution is -2.09. The van der Waals surface area contributed by atoms with Gasteiger partial charge in [-0.2, -0.15) is 0 Å². The van der Waals surface area contributed by atoms with Gasteiger partial charge in [-0.3, -0.25) is 4.57 Å². The molecule has 0 radical (unpaired) electrons. The van der Waals surface area contributed by atoms with Crippen molar-refractivity contribution in [3.05, 3.63) is 180 Å². The molecule has 264 valence electrons. The summed E-state index contributed by atoms with van der Waals surface area (Å²) in [4.78, 5) is 10.7. The molecular weight excluding hydrogens is 681 g/mol. The first-order valence-corrected chi connectivity index (χ1v) is 19.7. The van der Waals surface area contributed by atoms with E-state index in [4.69, 9.17) is 9.97 Å². The van der Waals surface area contributed by atoms with E-state index < -0.39 is 0 Å². The molecule has 0 bridgehead atoms. The maximum absolute atomic E-state index is 5.39. The Labute approximate surface area is 324 Å². The Bertz CT molecular complexity index is 3300. The van der Waals surface area contributed by atoms with E-state index in [0.29, 0.717) is 5.95 Å². The quantitative estimate of drug-likeness (QED) is 0.182. The van der Waals surface area contributed by atoms with Crippen LogP contribution in [0.4, 0.5) is 0 Å². The van der Waals surface area contributed by atoms with Gasteiger partial charge in [-0.15, -0.1) is 0 Å². The van der Waals surface area contributed by atoms with Crippen molar-refractivity contribution in [1.29, 1.82) is 0 Å². The number of aryl methyl sites for hydroxylation is 2. The molecule has 0 aliphatic heterocycles. The van der Waals surface area contributed by atoms with Gasteiger partial charge in [0.15, 0.2) is 0 Å². The van der Waals surface area contributed by atoms with Crippen molar-refractivity contribution >= 4 is 66.5 Å². The molecule has 7 aromatic carbocycles. The number of hydrogen-bond donors (Lipinski definition) is 0. The molecule has 3 aromatic heterocycles. The molecule has 0 amide bonds. The number of hydrogen-bond acceptors (Lipinski definition) is 2. The lowest BCUT2D eigenvalue weighted by molar-refractivity contribution is 0.877. The highest BCUT2D eigenvalue weighted by Gasteiger charge is 2.23. The van der Waals surface area contributed by atoms with Crippen molar-refractivity contribution in [3.63, 3.8) is 0 Å². The van der Waals surface area contributed by atoms with Gasteiger partial charge in [0, 0.05) is 38.4 Å². The Balaban J connectivity index is 1.14. The van der Waals surface area contributed by atoms with Gasteiger partial charge in [0.05, 0.1) is 33.5 Å². The zero-order valence-corrected chi connectivity index (χ0v) is 30.8. The second-order valence-electron chi connectivity index (χ2n) is 15.2. The van der Waals surface area contributed by atoms with Crippen molar-refractivity contribution in [3.8, 4) is 34.0 Å². The van der Waals surface area contributed by atoms with E-state index in [-0.39, 0.29) is 0 Å². The van der Waals surface area contributed by atoms with Crippen LogP contribution in [0.15, 0.2) is 158 Å². The molecule has 2 aliphatic rings. The van der Waals surface area contributed by atoms with Gasteiger partial charge in [-0.25, -0.2) is 9.97 Å². The topological polar surface area (TPSA) is 35.6 Å². The minimum Gasteiger partial charge on any atom is -0.309 e. The molecule has 4 nitrogen and oxygen atoms in total. The summed E-state index contributed by atoms with van der Waals surface area (Å²) >= 11 is 0. The number of aromatic nitrogens is 4. The number of benzene rings is 7. The van der Waals surface area contributed by atoms with E-state index in [2.05, 4.69) is 179 Å². The van der Waals surface area contributed by atoms with Crippen LogP contribution in [-0.4, -0.2) is 19.1 Å². The Morgan fingerprint density at radius 1 is 0.464 bits per heavy atom. The molecule has 2 aliphatic carbocycles. The third kappa shape index (κ3) is 4.66. The summed E-state index contributed by atoms with van der Waals surface area (Å²) in [5.41, 5.74) is 15.2. The molecular formula is C52H36N4. The second-order valence-corrected chi connectivity index (χ2v) is 15.2. The number of para-hydroxylation sites is 2. The number of rotatable bonds is 4. The standard InChI is InChI=1S/C52H36N4/c1-2-15-34(16-3-1)51-42-21-8-11-23-45(42)53-52(54-51)56-46-24-12-9-19-39(46)40-29-27-36(31-48(40)56)44-32-49-50(41-20-7-6-18-38(41)44)43-22-10-13-25-47(43)55(49)37-28-26-33-14-4-5-17-35(33)30-37/h1-4,6-10,12-16,18-22,24-32H,5,11,17,23H2. The predicted octanol–water partition coefficient (Wildman–Crippen LogP) is 13.1. The van der Waals surface area contributed by atoms with Crippen molar-refractivity contribution in [2.45, 2.75) is 25.7 Å². The fourth-order valence-corrected chi connectivity index (χ4v) is 9.47. The summed E-state index contributed by atoms with van der Waals surface area (Å²) in [5, 5.41) is 7.44. The Kier molecular flexibility index (Phi) is 6.85. The highest BCUT2D eigenvalue weighted by Crippen LogP contribution is 2.43. The predicted molar refractivity (Wildman–Crippen MR) is 234 cm³/mol. The van der Waals surface area contributed by atoms with E-state index in [0.717, 1.165) is 64.8 Å². The fraction of sp³-hybridized carbons (Fsp3) is 0.0769. The average molecular weight is 717 g/mol. The van der Waals surface area contributed by atoms with Crippen LogP contribution in [0.3, 0.4) is 0 Å². The largest absolute Gasteiger partial charge is 0.309 e. The molecule has 0 saturated heterocycles. The Morgan fingerprint density at radius 3 is 2.05 bits per heavy atom. The summed E-state index contributed by atoms with van der Waals surface area (Å²) in [6.45, 7) is 0. The first-order chi connectivity index (χ1) is 27.8. The maximum atomic E-state index is 5.39. The Hall–Kier alpha value is -7.04. The van der Waals surface area contributed by atoms with Crippen LogP contribution < -0.4 is 0 Å². The van der Waals surface area contributed by atoms with Crippen molar-refractivity contribution in [1.82, 2.24) is 19.1 Å². The molecule has 0 N–H and O–H groups in total. The van der Waals surface area contributed by atoms with Crippen LogP contribution in [0, 0.1) is 0 Å². The summed E-state index contributed by atoms with van der Waals surface area (Å²) in [6.07, 6.45) is 13.0. The number of nitrogens with zero attached hydrogens (tertiary/aromatic N) is 4. The van der Waals surface area contributed by atoms with Crippen LogP contribution in [0.25, 0.3) is 101 Å². The van der Waals surface area contributed by atoms with Crippen LogP contribution in [0.2, 0.25) is 0 Å². The van der Waals surface area contributed by atoms with Gasteiger partial charge in [0.1, 0.15) is 0 Å². The minimum atomic E-state index is 0.712. The number of allylic oxidation sites excluding steroid dienone is 2. The first kappa shape index (κ1) is 31.3. The van der Waals surface area contributed by atoms with Gasteiger partial charge >= 0.3 is 0 Å². The molecule has 12 rings (SSSR count). The zero-order valence-electron chi connectivity index (χ0n) is 30.8. The fourth-order valence-electron chi connectivity index (χ4n) is 9.47. The number of fused-ring (bicyclic) bond motifs is 10. The molecule has 0 saturated carbocycles.